The number of furan rings is 1. The molecule has 0 bridgehead atoms. The van der Waals surface area contributed by atoms with Crippen molar-refractivity contribution in [3.8, 4) is 22.6 Å². The molecule has 0 aliphatic heterocycles. The normalized spacial score (nSPS) is 11.5. The molecule has 6 heteroatoms. The Morgan fingerprint density at radius 3 is 2.58 bits per heavy atom. The summed E-state index contributed by atoms with van der Waals surface area (Å²) in [5.74, 6) is 1.18. The molecule has 0 aliphatic carbocycles. The molecule has 0 radical (unpaired) electrons. The van der Waals surface area contributed by atoms with Gasteiger partial charge in [0.25, 0.3) is 0 Å². The van der Waals surface area contributed by atoms with E-state index in [1.165, 1.54) is 0 Å². The van der Waals surface area contributed by atoms with Crippen LogP contribution in [0.4, 0.5) is 5.69 Å². The molecule has 0 atom stereocenters. The van der Waals surface area contributed by atoms with Gasteiger partial charge in [-0.05, 0) is 61.4 Å². The van der Waals surface area contributed by atoms with Crippen LogP contribution >= 0.6 is 11.6 Å². The average molecular weight is 462 g/mol. The standard InChI is InChI=1S/C27H24ClNO4/c1-16(11-25(30)29-20-9-6-8-19(28)13-20)22-14-23-24(18-7-5-10-21(12-18)31-3)15-33-27(23)17(2)26(22)32-4/h5-15H,1-4H3,(H,29,30)/b16-11+. The van der Waals surface area contributed by atoms with Crippen LogP contribution < -0.4 is 14.8 Å². The second-order valence-electron chi connectivity index (χ2n) is 7.67. The van der Waals surface area contributed by atoms with E-state index in [2.05, 4.69) is 5.32 Å². The molecule has 1 N–H and O–H groups in total. The number of rotatable bonds is 6. The van der Waals surface area contributed by atoms with Crippen LogP contribution in [0.2, 0.25) is 5.02 Å². The van der Waals surface area contributed by atoms with Gasteiger partial charge in [0.1, 0.15) is 17.1 Å². The number of carbonyl (C=O) groups excluding carboxylic acids is 1. The van der Waals surface area contributed by atoms with Crippen molar-refractivity contribution in [3.05, 3.63) is 83.1 Å². The Kier molecular flexibility index (Phi) is 6.43. The molecule has 3 aromatic carbocycles. The number of benzene rings is 3. The maximum Gasteiger partial charge on any atom is 0.248 e. The van der Waals surface area contributed by atoms with Crippen LogP contribution in [0.25, 0.3) is 27.7 Å². The molecule has 0 unspecified atom stereocenters. The first kappa shape index (κ1) is 22.5. The van der Waals surface area contributed by atoms with Crippen molar-refractivity contribution in [2.24, 2.45) is 0 Å². The molecule has 0 aliphatic rings. The zero-order valence-corrected chi connectivity index (χ0v) is 19.6. The number of nitrogens with one attached hydrogen (secondary N) is 1. The van der Waals surface area contributed by atoms with Crippen LogP contribution in [0.1, 0.15) is 18.1 Å². The topological polar surface area (TPSA) is 60.7 Å². The highest BCUT2D eigenvalue weighted by Gasteiger charge is 2.19. The van der Waals surface area contributed by atoms with E-state index in [-0.39, 0.29) is 5.91 Å². The highest BCUT2D eigenvalue weighted by molar-refractivity contribution is 6.31. The fourth-order valence-electron chi connectivity index (χ4n) is 3.90. The molecular weight excluding hydrogens is 438 g/mol. The van der Waals surface area contributed by atoms with Crippen molar-refractivity contribution in [3.63, 3.8) is 0 Å². The molecule has 33 heavy (non-hydrogen) atoms. The quantitative estimate of drug-likeness (QED) is 0.310. The van der Waals surface area contributed by atoms with Gasteiger partial charge in [-0.2, -0.15) is 0 Å². The Morgan fingerprint density at radius 2 is 1.85 bits per heavy atom. The Morgan fingerprint density at radius 1 is 1.06 bits per heavy atom. The van der Waals surface area contributed by atoms with E-state index in [0.717, 1.165) is 44.5 Å². The molecule has 1 aromatic heterocycles. The summed E-state index contributed by atoms with van der Waals surface area (Å²) in [4.78, 5) is 12.7. The fraction of sp³-hybridized carbons (Fsp3) is 0.148. The third-order valence-electron chi connectivity index (χ3n) is 5.49. The lowest BCUT2D eigenvalue weighted by Gasteiger charge is -2.13. The molecule has 0 saturated heterocycles. The molecule has 1 amide bonds. The number of hydrogen-bond donors (Lipinski definition) is 1. The van der Waals surface area contributed by atoms with Gasteiger partial charge in [0.2, 0.25) is 5.91 Å². The van der Waals surface area contributed by atoms with Gasteiger partial charge in [0, 0.05) is 38.9 Å². The van der Waals surface area contributed by atoms with Crippen LogP contribution in [0.3, 0.4) is 0 Å². The van der Waals surface area contributed by atoms with E-state index >= 15 is 0 Å². The third kappa shape index (κ3) is 4.59. The number of amides is 1. The van der Waals surface area contributed by atoms with Gasteiger partial charge in [0.15, 0.2) is 0 Å². The van der Waals surface area contributed by atoms with Gasteiger partial charge in [-0.1, -0.05) is 29.8 Å². The Balaban J connectivity index is 1.77. The van der Waals surface area contributed by atoms with Crippen molar-refractivity contribution in [2.75, 3.05) is 19.5 Å². The minimum atomic E-state index is -0.255. The first-order valence-electron chi connectivity index (χ1n) is 10.4. The SMILES string of the molecule is COc1cccc(-c2coc3c(C)c(OC)c(/C(C)=C/C(=O)Nc4cccc(Cl)c4)cc23)c1. The molecule has 4 aromatic rings. The van der Waals surface area contributed by atoms with E-state index in [4.69, 9.17) is 25.5 Å². The summed E-state index contributed by atoms with van der Waals surface area (Å²) < 4.78 is 17.0. The van der Waals surface area contributed by atoms with E-state index in [9.17, 15) is 4.79 Å². The minimum Gasteiger partial charge on any atom is -0.497 e. The lowest BCUT2D eigenvalue weighted by molar-refractivity contribution is -0.111. The molecule has 0 saturated carbocycles. The molecule has 5 nitrogen and oxygen atoms in total. The number of fused-ring (bicyclic) bond motifs is 1. The molecule has 0 fully saturated rings. The highest BCUT2D eigenvalue weighted by atomic mass is 35.5. The summed E-state index contributed by atoms with van der Waals surface area (Å²) in [7, 11) is 3.26. The maximum absolute atomic E-state index is 12.7. The number of ether oxygens (including phenoxy) is 2. The van der Waals surface area contributed by atoms with Gasteiger partial charge < -0.3 is 19.2 Å². The Hall–Kier alpha value is -3.70. The van der Waals surface area contributed by atoms with Gasteiger partial charge >= 0.3 is 0 Å². The zero-order valence-electron chi connectivity index (χ0n) is 18.9. The summed E-state index contributed by atoms with van der Waals surface area (Å²) in [6.45, 7) is 3.83. The zero-order chi connectivity index (χ0) is 23.5. The number of allylic oxidation sites excluding steroid dienone is 1. The van der Waals surface area contributed by atoms with Gasteiger partial charge in [-0.15, -0.1) is 0 Å². The largest absolute Gasteiger partial charge is 0.497 e. The van der Waals surface area contributed by atoms with Crippen LogP contribution in [0, 0.1) is 6.92 Å². The number of anilines is 1. The van der Waals surface area contributed by atoms with E-state index in [1.54, 1.807) is 50.8 Å². The van der Waals surface area contributed by atoms with Crippen molar-refractivity contribution >= 4 is 39.7 Å². The fourth-order valence-corrected chi connectivity index (χ4v) is 4.10. The molecule has 0 spiro atoms. The van der Waals surface area contributed by atoms with Crippen LogP contribution in [-0.4, -0.2) is 20.1 Å². The number of carbonyl (C=O) groups is 1. The number of hydrogen-bond acceptors (Lipinski definition) is 4. The second-order valence-corrected chi connectivity index (χ2v) is 8.10. The van der Waals surface area contributed by atoms with Crippen LogP contribution in [0.5, 0.6) is 11.5 Å². The monoisotopic (exact) mass is 461 g/mol. The molecule has 168 valence electrons. The number of aryl methyl sites for hydroxylation is 1. The predicted octanol–water partition coefficient (Wildman–Crippen LogP) is 7.12. The first-order chi connectivity index (χ1) is 15.9. The summed E-state index contributed by atoms with van der Waals surface area (Å²) >= 11 is 6.02. The van der Waals surface area contributed by atoms with E-state index < -0.39 is 0 Å². The van der Waals surface area contributed by atoms with Gasteiger partial charge in [-0.3, -0.25) is 4.79 Å². The molecular formula is C27H24ClNO4. The van der Waals surface area contributed by atoms with Crippen molar-refractivity contribution in [1.29, 1.82) is 0 Å². The van der Waals surface area contributed by atoms with Crippen LogP contribution in [0.15, 0.2) is 71.4 Å². The van der Waals surface area contributed by atoms with Crippen LogP contribution in [-0.2, 0) is 4.79 Å². The molecule has 1 heterocycles. The van der Waals surface area contributed by atoms with Crippen molar-refractivity contribution < 1.29 is 18.7 Å². The lowest BCUT2D eigenvalue weighted by Crippen LogP contribution is -2.08. The summed E-state index contributed by atoms with van der Waals surface area (Å²) in [6.07, 6.45) is 3.29. The predicted molar refractivity (Wildman–Crippen MR) is 133 cm³/mol. The van der Waals surface area contributed by atoms with Gasteiger partial charge in [-0.25, -0.2) is 0 Å². The Bertz CT molecular complexity index is 1370. The number of methoxy groups -OCH3 is 2. The Labute approximate surface area is 197 Å². The highest BCUT2D eigenvalue weighted by Crippen LogP contribution is 2.41. The van der Waals surface area contributed by atoms with Crippen molar-refractivity contribution in [1.82, 2.24) is 0 Å². The summed E-state index contributed by atoms with van der Waals surface area (Å²) in [5, 5.41) is 4.33. The smallest absolute Gasteiger partial charge is 0.248 e. The number of halogens is 1. The summed E-state index contributed by atoms with van der Waals surface area (Å²) in [6, 6.07) is 16.8. The second kappa shape index (κ2) is 9.43. The first-order valence-corrected chi connectivity index (χ1v) is 10.8. The minimum absolute atomic E-state index is 0.255. The average Bonchev–Trinajstić information content (AvgIpc) is 3.23. The van der Waals surface area contributed by atoms with Gasteiger partial charge in [0.05, 0.1) is 20.5 Å². The van der Waals surface area contributed by atoms with E-state index in [1.807, 2.05) is 44.2 Å². The third-order valence-corrected chi connectivity index (χ3v) is 5.73. The lowest BCUT2D eigenvalue weighted by atomic mass is 9.96. The van der Waals surface area contributed by atoms with E-state index in [0.29, 0.717) is 16.5 Å². The molecule has 4 rings (SSSR count). The summed E-state index contributed by atoms with van der Waals surface area (Å²) in [5.41, 5.74) is 5.72. The maximum atomic E-state index is 12.7. The van der Waals surface area contributed by atoms with Crippen molar-refractivity contribution in [2.45, 2.75) is 13.8 Å².